The van der Waals surface area contributed by atoms with Gasteiger partial charge in [-0.2, -0.15) is 0 Å². The van der Waals surface area contributed by atoms with Crippen LogP contribution in [0.1, 0.15) is 17.3 Å². The zero-order valence-electron chi connectivity index (χ0n) is 13.5. The summed E-state index contributed by atoms with van der Waals surface area (Å²) in [5.41, 5.74) is 1.33. The molecule has 3 rings (SSSR count). The van der Waals surface area contributed by atoms with E-state index in [1.165, 1.54) is 22.2 Å². The molecule has 0 radical (unpaired) electrons. The molecular weight excluding hydrogens is 340 g/mol. The first-order valence-corrected chi connectivity index (χ1v) is 8.57. The van der Waals surface area contributed by atoms with Gasteiger partial charge >= 0.3 is 0 Å². The number of fused-ring (bicyclic) bond motifs is 1. The third kappa shape index (κ3) is 3.74. The topological polar surface area (TPSA) is 93.1 Å². The molecule has 0 bridgehead atoms. The molecule has 0 saturated heterocycles. The Morgan fingerprint density at radius 3 is 2.92 bits per heavy atom. The smallest absolute Gasteiger partial charge is 0.271 e. The predicted molar refractivity (Wildman–Crippen MR) is 97.0 cm³/mol. The summed E-state index contributed by atoms with van der Waals surface area (Å²) in [5.74, 6) is -0.574. The summed E-state index contributed by atoms with van der Waals surface area (Å²) in [6.45, 7) is 2.21. The average molecular weight is 356 g/mol. The number of nitrogens with one attached hydrogen (secondary N) is 2. The quantitative estimate of drug-likeness (QED) is 0.730. The molecule has 0 unspecified atom stereocenters. The number of anilines is 1. The van der Waals surface area contributed by atoms with E-state index in [9.17, 15) is 14.4 Å². The van der Waals surface area contributed by atoms with Crippen LogP contribution in [-0.2, 0) is 11.3 Å². The molecule has 8 heteroatoms. The molecule has 3 aromatic rings. The van der Waals surface area contributed by atoms with E-state index < -0.39 is 0 Å². The maximum absolute atomic E-state index is 12.3. The van der Waals surface area contributed by atoms with Gasteiger partial charge in [-0.15, -0.1) is 11.3 Å². The van der Waals surface area contributed by atoms with Crippen molar-refractivity contribution in [3.05, 3.63) is 58.0 Å². The summed E-state index contributed by atoms with van der Waals surface area (Å²) in [4.78, 5) is 40.5. The van der Waals surface area contributed by atoms with Crippen LogP contribution in [-0.4, -0.2) is 27.9 Å². The SMILES string of the molecule is CCNC(=O)c1cccc(NC(=O)Cn2cnc3ccsc3c2=O)c1. The molecule has 25 heavy (non-hydrogen) atoms. The Morgan fingerprint density at radius 2 is 2.12 bits per heavy atom. The Balaban J connectivity index is 1.74. The van der Waals surface area contributed by atoms with E-state index in [4.69, 9.17) is 0 Å². The number of carbonyl (C=O) groups is 2. The lowest BCUT2D eigenvalue weighted by atomic mass is 10.2. The Kier molecular flexibility index (Phi) is 4.90. The second-order valence-electron chi connectivity index (χ2n) is 5.30. The molecule has 0 fully saturated rings. The van der Waals surface area contributed by atoms with Crippen molar-refractivity contribution in [1.29, 1.82) is 0 Å². The lowest BCUT2D eigenvalue weighted by Crippen LogP contribution is -2.27. The zero-order valence-corrected chi connectivity index (χ0v) is 14.3. The van der Waals surface area contributed by atoms with Gasteiger partial charge in [0.15, 0.2) is 0 Å². The first-order chi connectivity index (χ1) is 12.1. The summed E-state index contributed by atoms with van der Waals surface area (Å²) in [6, 6.07) is 8.39. The summed E-state index contributed by atoms with van der Waals surface area (Å²) in [7, 11) is 0. The lowest BCUT2D eigenvalue weighted by Gasteiger charge is -2.09. The lowest BCUT2D eigenvalue weighted by molar-refractivity contribution is -0.116. The number of aromatic nitrogens is 2. The highest BCUT2D eigenvalue weighted by Crippen LogP contribution is 2.13. The Bertz CT molecular complexity index is 993. The number of benzene rings is 1. The van der Waals surface area contributed by atoms with Crippen LogP contribution in [0.3, 0.4) is 0 Å². The first kappa shape index (κ1) is 16.8. The average Bonchev–Trinajstić information content (AvgIpc) is 3.07. The van der Waals surface area contributed by atoms with E-state index in [1.54, 1.807) is 35.7 Å². The van der Waals surface area contributed by atoms with Crippen molar-refractivity contribution in [2.75, 3.05) is 11.9 Å². The zero-order chi connectivity index (χ0) is 17.8. The van der Waals surface area contributed by atoms with Gasteiger partial charge in [0.25, 0.3) is 11.5 Å². The third-order valence-corrected chi connectivity index (χ3v) is 4.39. The van der Waals surface area contributed by atoms with Crippen LogP contribution in [0.2, 0.25) is 0 Å². The van der Waals surface area contributed by atoms with E-state index in [0.717, 1.165) is 0 Å². The van der Waals surface area contributed by atoms with Crippen LogP contribution in [0.5, 0.6) is 0 Å². The molecule has 0 aliphatic rings. The molecule has 0 atom stereocenters. The number of rotatable bonds is 5. The molecule has 2 heterocycles. The van der Waals surface area contributed by atoms with Crippen molar-refractivity contribution in [2.24, 2.45) is 0 Å². The van der Waals surface area contributed by atoms with Crippen molar-refractivity contribution in [1.82, 2.24) is 14.9 Å². The maximum Gasteiger partial charge on any atom is 0.271 e. The molecule has 0 aliphatic heterocycles. The monoisotopic (exact) mass is 356 g/mol. The molecule has 2 aromatic heterocycles. The molecular formula is C17H16N4O3S. The summed E-state index contributed by atoms with van der Waals surface area (Å²) >= 11 is 1.30. The van der Waals surface area contributed by atoms with Gasteiger partial charge in [-0.25, -0.2) is 4.98 Å². The van der Waals surface area contributed by atoms with Gasteiger partial charge < -0.3 is 10.6 Å². The van der Waals surface area contributed by atoms with Crippen molar-refractivity contribution < 1.29 is 9.59 Å². The van der Waals surface area contributed by atoms with Crippen LogP contribution in [0, 0.1) is 0 Å². The summed E-state index contributed by atoms with van der Waals surface area (Å²) < 4.78 is 1.79. The number of amides is 2. The van der Waals surface area contributed by atoms with E-state index in [0.29, 0.717) is 28.0 Å². The molecule has 2 N–H and O–H groups in total. The van der Waals surface area contributed by atoms with Gasteiger partial charge in [-0.3, -0.25) is 19.0 Å². The van der Waals surface area contributed by atoms with Crippen molar-refractivity contribution >= 4 is 39.1 Å². The molecule has 0 aliphatic carbocycles. The Hall–Kier alpha value is -3.00. The van der Waals surface area contributed by atoms with E-state index in [2.05, 4.69) is 15.6 Å². The van der Waals surface area contributed by atoms with Crippen molar-refractivity contribution in [3.63, 3.8) is 0 Å². The molecule has 128 valence electrons. The molecule has 2 amide bonds. The highest BCUT2D eigenvalue weighted by Gasteiger charge is 2.10. The van der Waals surface area contributed by atoms with E-state index in [-0.39, 0.29) is 23.9 Å². The fourth-order valence-corrected chi connectivity index (χ4v) is 3.14. The third-order valence-electron chi connectivity index (χ3n) is 3.50. The number of carbonyl (C=O) groups excluding carboxylic acids is 2. The number of hydrogen-bond donors (Lipinski definition) is 2. The first-order valence-electron chi connectivity index (χ1n) is 7.69. The minimum atomic E-state index is -0.368. The maximum atomic E-state index is 12.3. The second kappa shape index (κ2) is 7.27. The molecule has 7 nitrogen and oxygen atoms in total. The minimum absolute atomic E-state index is 0.148. The van der Waals surface area contributed by atoms with Crippen LogP contribution in [0.25, 0.3) is 10.2 Å². The Morgan fingerprint density at radius 1 is 1.28 bits per heavy atom. The number of nitrogens with zero attached hydrogens (tertiary/aromatic N) is 2. The van der Waals surface area contributed by atoms with Gasteiger partial charge in [0.05, 0.1) is 11.8 Å². The fourth-order valence-electron chi connectivity index (χ4n) is 2.35. The van der Waals surface area contributed by atoms with Crippen LogP contribution in [0.4, 0.5) is 5.69 Å². The minimum Gasteiger partial charge on any atom is -0.352 e. The van der Waals surface area contributed by atoms with E-state index >= 15 is 0 Å². The van der Waals surface area contributed by atoms with Crippen LogP contribution in [0.15, 0.2) is 46.8 Å². The highest BCUT2D eigenvalue weighted by molar-refractivity contribution is 7.17. The van der Waals surface area contributed by atoms with E-state index in [1.807, 2.05) is 6.92 Å². The van der Waals surface area contributed by atoms with Gasteiger partial charge in [0.1, 0.15) is 11.2 Å². The Labute approximate surface area is 147 Å². The van der Waals surface area contributed by atoms with Crippen LogP contribution >= 0.6 is 11.3 Å². The van der Waals surface area contributed by atoms with Crippen molar-refractivity contribution in [2.45, 2.75) is 13.5 Å². The second-order valence-corrected chi connectivity index (χ2v) is 6.22. The summed E-state index contributed by atoms with van der Waals surface area (Å²) in [6.07, 6.45) is 1.36. The highest BCUT2D eigenvalue weighted by atomic mass is 32.1. The standard InChI is InChI=1S/C17H16N4O3S/c1-2-18-16(23)11-4-3-5-12(8-11)20-14(22)9-21-10-19-13-6-7-25-15(13)17(21)24/h3-8,10H,2,9H2,1H3,(H,18,23)(H,20,22). The van der Waals surface area contributed by atoms with Gasteiger partial charge in [-0.1, -0.05) is 6.07 Å². The summed E-state index contributed by atoms with van der Waals surface area (Å²) in [5, 5.41) is 7.18. The number of hydrogen-bond acceptors (Lipinski definition) is 5. The molecule has 0 spiro atoms. The van der Waals surface area contributed by atoms with Crippen molar-refractivity contribution in [3.8, 4) is 0 Å². The number of thiophene rings is 1. The predicted octanol–water partition coefficient (Wildman–Crippen LogP) is 1.85. The fraction of sp³-hybridized carbons (Fsp3) is 0.176. The van der Waals surface area contributed by atoms with Gasteiger partial charge in [-0.05, 0) is 36.6 Å². The van der Waals surface area contributed by atoms with Crippen LogP contribution < -0.4 is 16.2 Å². The molecule has 1 aromatic carbocycles. The normalized spacial score (nSPS) is 10.6. The largest absolute Gasteiger partial charge is 0.352 e. The van der Waals surface area contributed by atoms with Gasteiger partial charge in [0.2, 0.25) is 5.91 Å². The van der Waals surface area contributed by atoms with Gasteiger partial charge in [0, 0.05) is 17.8 Å². The molecule has 0 saturated carbocycles.